The molecular formula is C18H27NO. The molecule has 1 N–H and O–H groups in total. The quantitative estimate of drug-likeness (QED) is 0.890. The van der Waals surface area contributed by atoms with E-state index in [9.17, 15) is 5.11 Å². The van der Waals surface area contributed by atoms with E-state index in [1.807, 2.05) is 13.8 Å². The van der Waals surface area contributed by atoms with Crippen molar-refractivity contribution in [1.82, 2.24) is 4.90 Å². The average molecular weight is 273 g/mol. The van der Waals surface area contributed by atoms with Gasteiger partial charge in [-0.15, -0.1) is 0 Å². The highest BCUT2D eigenvalue weighted by atomic mass is 16.3. The van der Waals surface area contributed by atoms with Crippen molar-refractivity contribution in [2.24, 2.45) is 11.8 Å². The maximum atomic E-state index is 9.97. The number of aliphatic hydroxyl groups is 1. The first-order valence-corrected chi connectivity index (χ1v) is 8.03. The largest absolute Gasteiger partial charge is 0.390 e. The second-order valence-corrected chi connectivity index (χ2v) is 7.37. The normalized spacial score (nSPS) is 21.6. The number of benzene rings is 1. The van der Waals surface area contributed by atoms with E-state index in [0.29, 0.717) is 5.92 Å². The molecule has 0 radical (unpaired) electrons. The Morgan fingerprint density at radius 3 is 2.50 bits per heavy atom. The summed E-state index contributed by atoms with van der Waals surface area (Å²) in [6.45, 7) is 6.93. The van der Waals surface area contributed by atoms with Gasteiger partial charge in [0.05, 0.1) is 5.60 Å². The Labute approximate surface area is 122 Å². The van der Waals surface area contributed by atoms with Gasteiger partial charge in [0.15, 0.2) is 0 Å². The smallest absolute Gasteiger partial charge is 0.0644 e. The van der Waals surface area contributed by atoms with Gasteiger partial charge < -0.3 is 5.11 Å². The van der Waals surface area contributed by atoms with E-state index in [1.54, 1.807) is 0 Å². The van der Waals surface area contributed by atoms with Crippen LogP contribution >= 0.6 is 0 Å². The van der Waals surface area contributed by atoms with Gasteiger partial charge in [0.1, 0.15) is 0 Å². The summed E-state index contributed by atoms with van der Waals surface area (Å²) in [7, 11) is 0. The van der Waals surface area contributed by atoms with Crippen LogP contribution < -0.4 is 0 Å². The van der Waals surface area contributed by atoms with Crippen molar-refractivity contribution < 1.29 is 5.11 Å². The molecule has 1 aliphatic heterocycles. The lowest BCUT2D eigenvalue weighted by Crippen LogP contribution is -2.55. The van der Waals surface area contributed by atoms with Crippen molar-refractivity contribution in [2.45, 2.75) is 51.7 Å². The molecule has 2 aliphatic rings. The van der Waals surface area contributed by atoms with Crippen LogP contribution in [0.25, 0.3) is 0 Å². The second-order valence-electron chi connectivity index (χ2n) is 7.37. The van der Waals surface area contributed by atoms with E-state index in [-0.39, 0.29) is 0 Å². The zero-order valence-electron chi connectivity index (χ0n) is 12.8. The lowest BCUT2D eigenvalue weighted by atomic mass is 9.80. The fraction of sp³-hybridized carbons (Fsp3) is 0.667. The van der Waals surface area contributed by atoms with Crippen LogP contribution in [0.4, 0.5) is 0 Å². The summed E-state index contributed by atoms with van der Waals surface area (Å²) in [4.78, 5) is 2.44. The van der Waals surface area contributed by atoms with Gasteiger partial charge in [0, 0.05) is 25.6 Å². The molecule has 1 saturated carbocycles. The summed E-state index contributed by atoms with van der Waals surface area (Å²) < 4.78 is 0. The number of likely N-dealkylation sites (tertiary alicyclic amines) is 1. The maximum absolute atomic E-state index is 9.97. The molecule has 3 rings (SSSR count). The van der Waals surface area contributed by atoms with E-state index in [1.165, 1.54) is 36.8 Å². The summed E-state index contributed by atoms with van der Waals surface area (Å²) in [6.07, 6.45) is 5.53. The van der Waals surface area contributed by atoms with Gasteiger partial charge >= 0.3 is 0 Å². The zero-order valence-corrected chi connectivity index (χ0v) is 12.8. The molecule has 1 aromatic rings. The zero-order chi connectivity index (χ0) is 14.2. The first kappa shape index (κ1) is 14.1. The Balaban J connectivity index is 1.52. The van der Waals surface area contributed by atoms with Crippen molar-refractivity contribution >= 4 is 0 Å². The highest BCUT2D eigenvalue weighted by Gasteiger charge is 2.37. The molecule has 2 heteroatoms. The van der Waals surface area contributed by atoms with E-state index >= 15 is 0 Å². The summed E-state index contributed by atoms with van der Waals surface area (Å²) in [5.74, 6) is 1.37. The van der Waals surface area contributed by atoms with Crippen molar-refractivity contribution in [1.29, 1.82) is 0 Å². The summed E-state index contributed by atoms with van der Waals surface area (Å²) >= 11 is 0. The minimum Gasteiger partial charge on any atom is -0.390 e. The monoisotopic (exact) mass is 273 g/mol. The molecule has 0 spiro atoms. The number of nitrogens with zero attached hydrogens (tertiary/aromatic N) is 1. The molecule has 0 unspecified atom stereocenters. The van der Waals surface area contributed by atoms with Crippen LogP contribution in [0.1, 0.15) is 44.2 Å². The third kappa shape index (κ3) is 3.24. The average Bonchev–Trinajstić information content (AvgIpc) is 2.27. The summed E-state index contributed by atoms with van der Waals surface area (Å²) in [5, 5.41) is 9.97. The van der Waals surface area contributed by atoms with Crippen molar-refractivity contribution in [3.8, 4) is 0 Å². The molecule has 1 saturated heterocycles. The highest BCUT2D eigenvalue weighted by molar-refractivity contribution is 5.24. The predicted octanol–water partition coefficient (Wildman–Crippen LogP) is 3.23. The fourth-order valence-electron chi connectivity index (χ4n) is 3.29. The van der Waals surface area contributed by atoms with Crippen LogP contribution in [-0.4, -0.2) is 28.7 Å². The lowest BCUT2D eigenvalue weighted by Gasteiger charge is -2.45. The lowest BCUT2D eigenvalue weighted by molar-refractivity contribution is -0.0647. The van der Waals surface area contributed by atoms with Crippen LogP contribution in [0, 0.1) is 11.8 Å². The molecule has 1 heterocycles. The molecule has 0 aromatic heterocycles. The van der Waals surface area contributed by atoms with Gasteiger partial charge in [-0.3, -0.25) is 4.90 Å². The van der Waals surface area contributed by atoms with Gasteiger partial charge in [-0.05, 0) is 37.3 Å². The van der Waals surface area contributed by atoms with E-state index in [2.05, 4.69) is 29.2 Å². The Morgan fingerprint density at radius 1 is 1.20 bits per heavy atom. The third-order valence-corrected chi connectivity index (χ3v) is 5.10. The van der Waals surface area contributed by atoms with E-state index in [0.717, 1.165) is 25.6 Å². The SMILES string of the molecule is CC(C)(O)C1CN(Cc2cccc(CC3CCC3)c2)C1. The number of rotatable bonds is 5. The van der Waals surface area contributed by atoms with Gasteiger partial charge in [-0.2, -0.15) is 0 Å². The van der Waals surface area contributed by atoms with Crippen LogP contribution in [-0.2, 0) is 13.0 Å². The molecule has 2 fully saturated rings. The third-order valence-electron chi connectivity index (χ3n) is 5.10. The molecule has 1 aliphatic carbocycles. The Morgan fingerprint density at radius 2 is 1.90 bits per heavy atom. The van der Waals surface area contributed by atoms with Gasteiger partial charge in [-0.25, -0.2) is 0 Å². The maximum Gasteiger partial charge on any atom is 0.0644 e. The van der Waals surface area contributed by atoms with Gasteiger partial charge in [0.25, 0.3) is 0 Å². The molecule has 0 amide bonds. The molecule has 0 atom stereocenters. The first-order valence-electron chi connectivity index (χ1n) is 8.03. The molecule has 110 valence electrons. The van der Waals surface area contributed by atoms with Crippen LogP contribution in [0.5, 0.6) is 0 Å². The summed E-state index contributed by atoms with van der Waals surface area (Å²) in [5.41, 5.74) is 2.41. The molecule has 0 bridgehead atoms. The van der Waals surface area contributed by atoms with E-state index in [4.69, 9.17) is 0 Å². The van der Waals surface area contributed by atoms with Crippen molar-refractivity contribution in [3.05, 3.63) is 35.4 Å². The predicted molar refractivity (Wildman–Crippen MR) is 82.6 cm³/mol. The highest BCUT2D eigenvalue weighted by Crippen LogP contribution is 2.31. The minimum atomic E-state index is -0.525. The molecule has 20 heavy (non-hydrogen) atoms. The van der Waals surface area contributed by atoms with Crippen molar-refractivity contribution in [3.63, 3.8) is 0 Å². The molecule has 1 aromatic carbocycles. The number of hydrogen-bond acceptors (Lipinski definition) is 2. The Bertz CT molecular complexity index is 453. The minimum absolute atomic E-state index is 0.431. The second kappa shape index (κ2) is 5.50. The fourth-order valence-corrected chi connectivity index (χ4v) is 3.29. The van der Waals surface area contributed by atoms with Gasteiger partial charge in [0.2, 0.25) is 0 Å². The standard InChI is InChI=1S/C18H27NO/c1-18(2,20)17-12-19(13-17)11-16-8-4-7-15(10-16)9-14-5-3-6-14/h4,7-8,10,14,17,20H,3,5-6,9,11-13H2,1-2H3. The topological polar surface area (TPSA) is 23.5 Å². The van der Waals surface area contributed by atoms with Crippen molar-refractivity contribution in [2.75, 3.05) is 13.1 Å². The Kier molecular flexibility index (Phi) is 3.87. The summed E-state index contributed by atoms with van der Waals surface area (Å²) in [6, 6.07) is 9.10. The van der Waals surface area contributed by atoms with Crippen LogP contribution in [0.15, 0.2) is 24.3 Å². The van der Waals surface area contributed by atoms with Crippen LogP contribution in [0.3, 0.4) is 0 Å². The van der Waals surface area contributed by atoms with Crippen LogP contribution in [0.2, 0.25) is 0 Å². The molecule has 2 nitrogen and oxygen atoms in total. The Hall–Kier alpha value is -0.860. The van der Waals surface area contributed by atoms with Gasteiger partial charge in [-0.1, -0.05) is 43.5 Å². The van der Waals surface area contributed by atoms with E-state index < -0.39 is 5.60 Å². The first-order chi connectivity index (χ1) is 9.50. The molecular weight excluding hydrogens is 246 g/mol. The number of hydrogen-bond donors (Lipinski definition) is 1.